The van der Waals surface area contributed by atoms with Crippen molar-refractivity contribution in [3.63, 3.8) is 0 Å². The Kier molecular flexibility index (Phi) is 5.44. The second-order valence-corrected chi connectivity index (χ2v) is 5.79. The first kappa shape index (κ1) is 20.2. The van der Waals surface area contributed by atoms with Crippen LogP contribution in [0.15, 0.2) is 53.5 Å². The van der Waals surface area contributed by atoms with Gasteiger partial charge in [0.25, 0.3) is 5.56 Å². The number of pyridine rings is 1. The molecule has 0 saturated heterocycles. The van der Waals surface area contributed by atoms with Crippen molar-refractivity contribution in [2.75, 3.05) is 6.61 Å². The fraction of sp³-hybridized carbons (Fsp3) is 0.158. The van der Waals surface area contributed by atoms with Crippen LogP contribution in [0, 0.1) is 5.82 Å². The molecule has 0 fully saturated rings. The molecule has 150 valence electrons. The maximum Gasteiger partial charge on any atom is 0.417 e. The molecular weight excluding hydrogens is 394 g/mol. The molecule has 2 aromatic heterocycles. The van der Waals surface area contributed by atoms with Crippen LogP contribution in [0.5, 0.6) is 0 Å². The minimum atomic E-state index is -4.57. The van der Waals surface area contributed by atoms with Crippen LogP contribution in [-0.2, 0) is 10.9 Å². The lowest BCUT2D eigenvalue weighted by Crippen LogP contribution is -2.29. The molecule has 0 aliphatic rings. The van der Waals surface area contributed by atoms with Crippen LogP contribution in [-0.4, -0.2) is 27.3 Å². The van der Waals surface area contributed by atoms with Gasteiger partial charge in [-0.1, -0.05) is 6.07 Å². The highest BCUT2D eigenvalue weighted by Crippen LogP contribution is 2.29. The van der Waals surface area contributed by atoms with Crippen LogP contribution in [0.4, 0.5) is 17.6 Å². The average molecular weight is 407 g/mol. The zero-order valence-corrected chi connectivity index (χ0v) is 14.9. The van der Waals surface area contributed by atoms with Gasteiger partial charge in [0.15, 0.2) is 0 Å². The van der Waals surface area contributed by atoms with E-state index >= 15 is 0 Å². The Bertz CT molecular complexity index is 1110. The molecule has 2 heterocycles. The predicted molar refractivity (Wildman–Crippen MR) is 94.0 cm³/mol. The third-order valence-corrected chi connectivity index (χ3v) is 3.81. The lowest BCUT2D eigenvalue weighted by atomic mass is 10.1. The third kappa shape index (κ3) is 4.31. The van der Waals surface area contributed by atoms with Crippen molar-refractivity contribution in [3.05, 3.63) is 76.0 Å². The number of rotatable bonds is 4. The average Bonchev–Trinajstić information content (AvgIpc) is 2.68. The van der Waals surface area contributed by atoms with Gasteiger partial charge in [0.1, 0.15) is 17.1 Å². The number of halogens is 4. The van der Waals surface area contributed by atoms with E-state index in [4.69, 9.17) is 4.74 Å². The van der Waals surface area contributed by atoms with Gasteiger partial charge in [-0.25, -0.2) is 9.18 Å². The molecule has 6 nitrogen and oxygen atoms in total. The van der Waals surface area contributed by atoms with Gasteiger partial charge in [0.2, 0.25) is 0 Å². The van der Waals surface area contributed by atoms with Crippen molar-refractivity contribution < 1.29 is 27.1 Å². The normalized spacial score (nSPS) is 11.3. The van der Waals surface area contributed by atoms with Gasteiger partial charge in [-0.3, -0.25) is 9.78 Å². The van der Waals surface area contributed by atoms with Crippen molar-refractivity contribution in [1.29, 1.82) is 0 Å². The first-order valence-electron chi connectivity index (χ1n) is 8.31. The molecule has 29 heavy (non-hydrogen) atoms. The summed E-state index contributed by atoms with van der Waals surface area (Å²) in [6.07, 6.45) is -3.96. The zero-order valence-electron chi connectivity index (χ0n) is 14.9. The molecule has 1 aromatic carbocycles. The maximum atomic E-state index is 13.6. The number of nitrogens with zero attached hydrogens (tertiary/aromatic N) is 3. The van der Waals surface area contributed by atoms with Gasteiger partial charge in [-0.15, -0.1) is 0 Å². The smallest absolute Gasteiger partial charge is 0.417 e. The number of esters is 1. The van der Waals surface area contributed by atoms with Gasteiger partial charge in [-0.2, -0.15) is 23.0 Å². The summed E-state index contributed by atoms with van der Waals surface area (Å²) in [5.41, 5.74) is -2.31. The molecule has 0 atom stereocenters. The van der Waals surface area contributed by atoms with Crippen molar-refractivity contribution in [1.82, 2.24) is 14.8 Å². The molecule has 0 aliphatic heterocycles. The second-order valence-electron chi connectivity index (χ2n) is 5.79. The van der Waals surface area contributed by atoms with Gasteiger partial charge >= 0.3 is 12.1 Å². The molecule has 0 saturated carbocycles. The number of carbonyl (C=O) groups excluding carboxylic acids is 1. The lowest BCUT2D eigenvalue weighted by molar-refractivity contribution is -0.137. The van der Waals surface area contributed by atoms with E-state index in [0.717, 1.165) is 35.0 Å². The summed E-state index contributed by atoms with van der Waals surface area (Å²) in [6.45, 7) is 1.54. The predicted octanol–water partition coefficient (Wildman–Crippen LogP) is 3.63. The van der Waals surface area contributed by atoms with E-state index < -0.39 is 34.6 Å². The Balaban J connectivity index is 2.19. The molecule has 0 aliphatic carbocycles. The van der Waals surface area contributed by atoms with Crippen LogP contribution in [0.1, 0.15) is 22.8 Å². The topological polar surface area (TPSA) is 74.1 Å². The highest BCUT2D eigenvalue weighted by atomic mass is 19.4. The van der Waals surface area contributed by atoms with Gasteiger partial charge in [-0.05, 0) is 43.3 Å². The molecule has 3 aromatic rings. The fourth-order valence-corrected chi connectivity index (χ4v) is 2.47. The molecule has 0 radical (unpaired) electrons. The summed E-state index contributed by atoms with van der Waals surface area (Å²) >= 11 is 0. The van der Waals surface area contributed by atoms with Crippen molar-refractivity contribution >= 4 is 5.97 Å². The molecule has 0 N–H and O–H groups in total. The van der Waals surface area contributed by atoms with Crippen LogP contribution in [0.2, 0.25) is 0 Å². The molecule has 0 bridgehead atoms. The van der Waals surface area contributed by atoms with Gasteiger partial charge in [0.05, 0.1) is 23.6 Å². The minimum Gasteiger partial charge on any atom is -0.462 e. The van der Waals surface area contributed by atoms with E-state index in [0.29, 0.717) is 6.20 Å². The van der Waals surface area contributed by atoms with E-state index in [9.17, 15) is 27.2 Å². The van der Waals surface area contributed by atoms with E-state index in [1.165, 1.54) is 12.1 Å². The van der Waals surface area contributed by atoms with E-state index in [1.807, 2.05) is 0 Å². The monoisotopic (exact) mass is 407 g/mol. The number of aromatic nitrogens is 3. The van der Waals surface area contributed by atoms with Crippen molar-refractivity contribution in [2.24, 2.45) is 0 Å². The molecular formula is C19H13F4N3O3. The number of carbonyl (C=O) groups is 1. The van der Waals surface area contributed by atoms with Crippen LogP contribution < -0.4 is 5.56 Å². The Morgan fingerprint density at radius 2 is 1.90 bits per heavy atom. The first-order valence-corrected chi connectivity index (χ1v) is 8.31. The highest BCUT2D eigenvalue weighted by molar-refractivity contribution is 5.90. The number of ether oxygens (including phenoxy) is 1. The second kappa shape index (κ2) is 7.82. The fourth-order valence-electron chi connectivity index (χ4n) is 2.47. The minimum absolute atomic E-state index is 0.00553. The molecule has 0 amide bonds. The van der Waals surface area contributed by atoms with E-state index in [-0.39, 0.29) is 23.7 Å². The van der Waals surface area contributed by atoms with Crippen LogP contribution in [0.3, 0.4) is 0 Å². The van der Waals surface area contributed by atoms with Crippen molar-refractivity contribution in [3.8, 4) is 17.1 Å². The highest BCUT2D eigenvalue weighted by Gasteiger charge is 2.31. The Labute approximate surface area is 161 Å². The number of hydrogen-bond donors (Lipinski definition) is 0. The molecule has 0 unspecified atom stereocenters. The summed E-state index contributed by atoms with van der Waals surface area (Å²) in [7, 11) is 0. The Morgan fingerprint density at radius 3 is 2.48 bits per heavy atom. The quantitative estimate of drug-likeness (QED) is 0.488. The van der Waals surface area contributed by atoms with E-state index in [1.54, 1.807) is 6.92 Å². The largest absolute Gasteiger partial charge is 0.462 e. The number of alkyl halides is 3. The maximum absolute atomic E-state index is 13.6. The zero-order chi connectivity index (χ0) is 21.2. The number of hydrogen-bond acceptors (Lipinski definition) is 5. The standard InChI is InChI=1S/C19H13F4N3O3/c1-2-29-18(28)14-9-16(15-7-6-11(10-24-15)19(21,22)23)25-26(17(14)27)13-5-3-4-12(20)8-13/h3-10H,2H2,1H3. The summed E-state index contributed by atoms with van der Waals surface area (Å²) in [6, 6.07) is 7.83. The summed E-state index contributed by atoms with van der Waals surface area (Å²) in [5, 5.41) is 4.03. The van der Waals surface area contributed by atoms with Gasteiger partial charge in [0, 0.05) is 6.20 Å². The third-order valence-electron chi connectivity index (χ3n) is 3.81. The molecule has 0 spiro atoms. The molecule has 3 rings (SSSR count). The number of benzene rings is 1. The summed E-state index contributed by atoms with van der Waals surface area (Å²) < 4.78 is 57.5. The SMILES string of the molecule is CCOC(=O)c1cc(-c2ccc(C(F)(F)F)cn2)nn(-c2cccc(F)c2)c1=O. The molecule has 10 heteroatoms. The summed E-state index contributed by atoms with van der Waals surface area (Å²) in [5.74, 6) is -1.59. The lowest BCUT2D eigenvalue weighted by Gasteiger charge is -2.11. The van der Waals surface area contributed by atoms with Crippen LogP contribution in [0.25, 0.3) is 17.1 Å². The van der Waals surface area contributed by atoms with Gasteiger partial charge < -0.3 is 4.74 Å². The first-order chi connectivity index (χ1) is 13.7. The van der Waals surface area contributed by atoms with E-state index in [2.05, 4.69) is 10.1 Å². The Hall–Kier alpha value is -3.56. The van der Waals surface area contributed by atoms with Crippen LogP contribution >= 0.6 is 0 Å². The Morgan fingerprint density at radius 1 is 1.14 bits per heavy atom. The summed E-state index contributed by atoms with van der Waals surface area (Å²) in [4.78, 5) is 28.6. The van der Waals surface area contributed by atoms with Crippen molar-refractivity contribution in [2.45, 2.75) is 13.1 Å².